The van der Waals surface area contributed by atoms with Gasteiger partial charge in [0.25, 0.3) is 0 Å². The number of likely N-dealkylation sites (tertiary alicyclic amines) is 1. The van der Waals surface area contributed by atoms with Crippen LogP contribution in [0.25, 0.3) is 0 Å². The molecule has 0 saturated carbocycles. The van der Waals surface area contributed by atoms with E-state index in [2.05, 4.69) is 0 Å². The molecule has 0 bridgehead atoms. The molecular formula is C12H19NO3. The largest absolute Gasteiger partial charge is 0.466 e. The third-order valence-electron chi connectivity index (χ3n) is 2.66. The van der Waals surface area contributed by atoms with E-state index in [0.717, 1.165) is 19.4 Å². The van der Waals surface area contributed by atoms with E-state index in [0.29, 0.717) is 13.2 Å². The van der Waals surface area contributed by atoms with Crippen LogP contribution in [-0.2, 0) is 14.3 Å². The minimum absolute atomic E-state index is 0.0171. The fraction of sp³-hybridized carbons (Fsp3) is 0.667. The minimum atomic E-state index is -0.180. The van der Waals surface area contributed by atoms with Crippen molar-refractivity contribution in [2.24, 2.45) is 5.92 Å². The number of piperidine rings is 1. The van der Waals surface area contributed by atoms with E-state index in [1.807, 2.05) is 6.92 Å². The Labute approximate surface area is 96.3 Å². The molecule has 1 saturated heterocycles. The standard InChI is InChI=1S/C12H19NO3/c1-3-6-11(14)13-8-5-7-10(9-13)12(15)16-4-2/h3,6,10H,4-5,7-9H2,1-2H3/b6-3+/t10-/m1/s1. The number of carbonyl (C=O) groups excluding carboxylic acids is 2. The first-order valence-electron chi connectivity index (χ1n) is 5.77. The summed E-state index contributed by atoms with van der Waals surface area (Å²) in [4.78, 5) is 24.9. The quantitative estimate of drug-likeness (QED) is 0.538. The van der Waals surface area contributed by atoms with E-state index >= 15 is 0 Å². The molecule has 90 valence electrons. The maximum absolute atomic E-state index is 11.6. The zero-order valence-corrected chi connectivity index (χ0v) is 9.94. The predicted octanol–water partition coefficient (Wildman–Crippen LogP) is 1.36. The summed E-state index contributed by atoms with van der Waals surface area (Å²) in [5.74, 6) is -0.347. The van der Waals surface area contributed by atoms with Crippen LogP contribution in [0.5, 0.6) is 0 Å². The number of ether oxygens (including phenoxy) is 1. The Balaban J connectivity index is 2.53. The molecule has 1 aliphatic heterocycles. The van der Waals surface area contributed by atoms with Gasteiger partial charge in [0.15, 0.2) is 0 Å². The first-order valence-corrected chi connectivity index (χ1v) is 5.77. The lowest BCUT2D eigenvalue weighted by Gasteiger charge is -2.30. The highest BCUT2D eigenvalue weighted by molar-refractivity contribution is 5.88. The van der Waals surface area contributed by atoms with Crippen molar-refractivity contribution in [1.82, 2.24) is 4.90 Å². The molecule has 0 aromatic heterocycles. The zero-order valence-electron chi connectivity index (χ0n) is 9.94. The van der Waals surface area contributed by atoms with Gasteiger partial charge in [-0.2, -0.15) is 0 Å². The second kappa shape index (κ2) is 6.30. The SMILES string of the molecule is C/C=C/C(=O)N1CCC[C@@H](C(=O)OCC)C1. The average molecular weight is 225 g/mol. The summed E-state index contributed by atoms with van der Waals surface area (Å²) in [6, 6.07) is 0. The van der Waals surface area contributed by atoms with E-state index < -0.39 is 0 Å². The summed E-state index contributed by atoms with van der Waals surface area (Å²) >= 11 is 0. The lowest BCUT2D eigenvalue weighted by Crippen LogP contribution is -2.42. The van der Waals surface area contributed by atoms with Gasteiger partial charge in [0.05, 0.1) is 12.5 Å². The summed E-state index contributed by atoms with van der Waals surface area (Å²) in [6.45, 7) is 5.23. The maximum Gasteiger partial charge on any atom is 0.310 e. The van der Waals surface area contributed by atoms with Crippen LogP contribution in [0.4, 0.5) is 0 Å². The van der Waals surface area contributed by atoms with Crippen LogP contribution in [-0.4, -0.2) is 36.5 Å². The van der Waals surface area contributed by atoms with Crippen molar-refractivity contribution < 1.29 is 14.3 Å². The number of nitrogens with zero attached hydrogens (tertiary/aromatic N) is 1. The Morgan fingerprint density at radius 2 is 2.25 bits per heavy atom. The Morgan fingerprint density at radius 1 is 1.50 bits per heavy atom. The number of carbonyl (C=O) groups is 2. The van der Waals surface area contributed by atoms with Gasteiger partial charge in [-0.15, -0.1) is 0 Å². The highest BCUT2D eigenvalue weighted by Crippen LogP contribution is 2.18. The van der Waals surface area contributed by atoms with Gasteiger partial charge in [-0.05, 0) is 32.8 Å². The molecule has 1 fully saturated rings. The van der Waals surface area contributed by atoms with Crippen molar-refractivity contribution in [1.29, 1.82) is 0 Å². The van der Waals surface area contributed by atoms with Crippen LogP contribution in [0.3, 0.4) is 0 Å². The first kappa shape index (κ1) is 12.7. The second-order valence-corrected chi connectivity index (χ2v) is 3.88. The topological polar surface area (TPSA) is 46.6 Å². The first-order chi connectivity index (χ1) is 7.69. The van der Waals surface area contributed by atoms with Crippen molar-refractivity contribution in [2.75, 3.05) is 19.7 Å². The van der Waals surface area contributed by atoms with Gasteiger partial charge in [0.1, 0.15) is 0 Å². The van der Waals surface area contributed by atoms with Gasteiger partial charge < -0.3 is 9.64 Å². The van der Waals surface area contributed by atoms with Crippen LogP contribution in [0.1, 0.15) is 26.7 Å². The van der Waals surface area contributed by atoms with Crippen LogP contribution in [0.2, 0.25) is 0 Å². The van der Waals surface area contributed by atoms with Crippen LogP contribution >= 0.6 is 0 Å². The van der Waals surface area contributed by atoms with Gasteiger partial charge in [-0.1, -0.05) is 6.08 Å². The fourth-order valence-corrected chi connectivity index (χ4v) is 1.88. The molecule has 1 rings (SSSR count). The fourth-order valence-electron chi connectivity index (χ4n) is 1.88. The molecule has 1 amide bonds. The van der Waals surface area contributed by atoms with Crippen LogP contribution < -0.4 is 0 Å². The number of esters is 1. The summed E-state index contributed by atoms with van der Waals surface area (Å²) in [5, 5.41) is 0. The summed E-state index contributed by atoms with van der Waals surface area (Å²) in [5.41, 5.74) is 0. The smallest absolute Gasteiger partial charge is 0.310 e. The average Bonchev–Trinajstić information content (AvgIpc) is 2.30. The molecule has 0 aromatic carbocycles. The van der Waals surface area contributed by atoms with Gasteiger partial charge >= 0.3 is 5.97 Å². The number of amides is 1. The van der Waals surface area contributed by atoms with E-state index in [9.17, 15) is 9.59 Å². The van der Waals surface area contributed by atoms with Crippen LogP contribution in [0, 0.1) is 5.92 Å². The molecule has 0 N–H and O–H groups in total. The van der Waals surface area contributed by atoms with Crippen molar-refractivity contribution in [3.63, 3.8) is 0 Å². The number of rotatable bonds is 3. The molecule has 4 heteroatoms. The molecule has 0 radical (unpaired) electrons. The Kier molecular flexibility index (Phi) is 5.02. The lowest BCUT2D eigenvalue weighted by molar-refractivity contribution is -0.150. The second-order valence-electron chi connectivity index (χ2n) is 3.88. The summed E-state index contributed by atoms with van der Waals surface area (Å²) < 4.78 is 4.97. The molecule has 1 heterocycles. The van der Waals surface area contributed by atoms with Gasteiger partial charge in [0, 0.05) is 13.1 Å². The van der Waals surface area contributed by atoms with Crippen molar-refractivity contribution in [3.05, 3.63) is 12.2 Å². The van der Waals surface area contributed by atoms with E-state index in [1.165, 1.54) is 6.08 Å². The van der Waals surface area contributed by atoms with Crippen molar-refractivity contribution >= 4 is 11.9 Å². The molecule has 0 unspecified atom stereocenters. The number of allylic oxidation sites excluding steroid dienone is 1. The number of hydrogen-bond donors (Lipinski definition) is 0. The minimum Gasteiger partial charge on any atom is -0.466 e. The van der Waals surface area contributed by atoms with E-state index in [-0.39, 0.29) is 17.8 Å². The molecule has 1 aliphatic rings. The van der Waals surface area contributed by atoms with E-state index in [1.54, 1.807) is 17.9 Å². The van der Waals surface area contributed by atoms with E-state index in [4.69, 9.17) is 4.74 Å². The molecule has 0 spiro atoms. The number of hydrogen-bond acceptors (Lipinski definition) is 3. The summed E-state index contributed by atoms with van der Waals surface area (Å²) in [7, 11) is 0. The Morgan fingerprint density at radius 3 is 2.88 bits per heavy atom. The van der Waals surface area contributed by atoms with Gasteiger partial charge in [0.2, 0.25) is 5.91 Å². The molecule has 16 heavy (non-hydrogen) atoms. The maximum atomic E-state index is 11.6. The van der Waals surface area contributed by atoms with Crippen molar-refractivity contribution in [3.8, 4) is 0 Å². The molecule has 4 nitrogen and oxygen atoms in total. The van der Waals surface area contributed by atoms with Crippen LogP contribution in [0.15, 0.2) is 12.2 Å². The third-order valence-corrected chi connectivity index (χ3v) is 2.66. The predicted molar refractivity (Wildman–Crippen MR) is 60.8 cm³/mol. The highest BCUT2D eigenvalue weighted by Gasteiger charge is 2.28. The van der Waals surface area contributed by atoms with Crippen molar-refractivity contribution in [2.45, 2.75) is 26.7 Å². The van der Waals surface area contributed by atoms with Gasteiger partial charge in [-0.25, -0.2) is 0 Å². The monoisotopic (exact) mass is 225 g/mol. The Hall–Kier alpha value is -1.32. The highest BCUT2D eigenvalue weighted by atomic mass is 16.5. The molecular weight excluding hydrogens is 206 g/mol. The zero-order chi connectivity index (χ0) is 12.0. The van der Waals surface area contributed by atoms with Gasteiger partial charge in [-0.3, -0.25) is 9.59 Å². The Bertz CT molecular complexity index is 286. The lowest BCUT2D eigenvalue weighted by atomic mass is 9.98. The molecule has 1 atom stereocenters. The third kappa shape index (κ3) is 3.36. The molecule has 0 aliphatic carbocycles. The normalized spacial score (nSPS) is 21.1. The summed E-state index contributed by atoms with van der Waals surface area (Å²) in [6.07, 6.45) is 4.94. The molecule has 0 aromatic rings.